The van der Waals surface area contributed by atoms with Gasteiger partial charge >= 0.3 is 0 Å². The lowest BCUT2D eigenvalue weighted by Gasteiger charge is -2.42. The van der Waals surface area contributed by atoms with Crippen LogP contribution >= 0.6 is 0 Å². The highest BCUT2D eigenvalue weighted by atomic mass is 16.6. The van der Waals surface area contributed by atoms with Gasteiger partial charge in [-0.2, -0.15) is 0 Å². The van der Waals surface area contributed by atoms with Gasteiger partial charge in [0.25, 0.3) is 0 Å². The first-order valence-corrected chi connectivity index (χ1v) is 13.0. The molecule has 7 unspecified atom stereocenters. The van der Waals surface area contributed by atoms with Gasteiger partial charge in [-0.3, -0.25) is 0 Å². The van der Waals surface area contributed by atoms with Gasteiger partial charge in [0.15, 0.2) is 0 Å². The maximum atomic E-state index is 10.8. The zero-order chi connectivity index (χ0) is 25.0. The second-order valence-corrected chi connectivity index (χ2v) is 10.6. The van der Waals surface area contributed by atoms with E-state index in [-0.39, 0.29) is 49.1 Å². The third-order valence-corrected chi connectivity index (χ3v) is 6.97. The van der Waals surface area contributed by atoms with E-state index in [2.05, 4.69) is 0 Å². The standard InChI is InChI=1S/2C12H20O6/c1(13-3-10-5-16-10)9(15-7-12-8-18-12)2-14-4-11-6-17-11;13-7-12(15,3-10-6-18-10)11(14,1-8-4-16-8)2-9-5-17-9/h9-12H,1-8H2;8-10,13-15H,1-7H2. The lowest BCUT2D eigenvalue weighted by Crippen LogP contribution is -2.59. The zero-order valence-corrected chi connectivity index (χ0v) is 20.7. The molecule has 0 radical (unpaired) electrons. The summed E-state index contributed by atoms with van der Waals surface area (Å²) in [4.78, 5) is 0. The molecule has 7 atom stereocenters. The van der Waals surface area contributed by atoms with E-state index in [4.69, 9.17) is 42.6 Å². The first-order valence-electron chi connectivity index (χ1n) is 13.0. The maximum Gasteiger partial charge on any atom is 0.119 e. The second kappa shape index (κ2) is 12.1. The van der Waals surface area contributed by atoms with Crippen LogP contribution in [0, 0.1) is 0 Å². The van der Waals surface area contributed by atoms with Crippen LogP contribution in [0.1, 0.15) is 19.3 Å². The molecule has 3 N–H and O–H groups in total. The Morgan fingerprint density at radius 3 is 1.31 bits per heavy atom. The van der Waals surface area contributed by atoms with E-state index in [9.17, 15) is 15.3 Å². The van der Waals surface area contributed by atoms with Crippen LogP contribution in [0.3, 0.4) is 0 Å². The summed E-state index contributed by atoms with van der Waals surface area (Å²) in [6.45, 7) is 6.74. The summed E-state index contributed by atoms with van der Waals surface area (Å²) < 4.78 is 47.5. The Bertz CT molecular complexity index is 640. The minimum Gasteiger partial charge on any atom is -0.393 e. The Morgan fingerprint density at radius 1 is 0.583 bits per heavy atom. The highest BCUT2D eigenvalue weighted by Gasteiger charge is 2.56. The van der Waals surface area contributed by atoms with Crippen molar-refractivity contribution in [1.29, 1.82) is 0 Å². The zero-order valence-electron chi connectivity index (χ0n) is 20.7. The minimum absolute atomic E-state index is 0.0213. The van der Waals surface area contributed by atoms with Crippen molar-refractivity contribution < 1.29 is 58.0 Å². The largest absolute Gasteiger partial charge is 0.393 e. The summed E-state index contributed by atoms with van der Waals surface area (Å²) in [6.07, 6.45) is 1.62. The van der Waals surface area contributed by atoms with Crippen molar-refractivity contribution >= 4 is 0 Å². The van der Waals surface area contributed by atoms with Gasteiger partial charge in [-0.1, -0.05) is 0 Å². The molecule has 0 aromatic carbocycles. The topological polar surface area (TPSA) is 164 Å². The van der Waals surface area contributed by atoms with Crippen LogP contribution in [0.5, 0.6) is 0 Å². The summed E-state index contributed by atoms with van der Waals surface area (Å²) in [7, 11) is 0. The van der Waals surface area contributed by atoms with E-state index in [1.165, 1.54) is 0 Å². The van der Waals surface area contributed by atoms with Crippen molar-refractivity contribution in [1.82, 2.24) is 0 Å². The second-order valence-electron chi connectivity index (χ2n) is 10.6. The molecule has 6 aliphatic heterocycles. The molecule has 12 heteroatoms. The Kier molecular flexibility index (Phi) is 9.14. The Labute approximate surface area is 211 Å². The van der Waals surface area contributed by atoms with Crippen LogP contribution < -0.4 is 0 Å². The summed E-state index contributed by atoms with van der Waals surface area (Å²) in [5.74, 6) is 0. The van der Waals surface area contributed by atoms with E-state index < -0.39 is 17.8 Å². The van der Waals surface area contributed by atoms with Gasteiger partial charge in [0, 0.05) is 19.3 Å². The van der Waals surface area contributed by atoms with Crippen molar-refractivity contribution in [3.63, 3.8) is 0 Å². The SMILES string of the molecule is C(OCC1CO1)C(COCC1CO1)OCC1CO1.OCC(O)(CC1CO1)C(O)(CC1CO1)CC1CO1. The third kappa shape index (κ3) is 9.37. The molecular formula is C24H40O12. The summed E-state index contributed by atoms with van der Waals surface area (Å²) >= 11 is 0. The normalized spacial score (nSPS) is 37.1. The molecule has 0 bridgehead atoms. The number of aliphatic hydroxyl groups excluding tert-OH is 1. The fourth-order valence-electron chi connectivity index (χ4n) is 4.09. The molecule has 6 fully saturated rings. The third-order valence-electron chi connectivity index (χ3n) is 6.97. The smallest absolute Gasteiger partial charge is 0.119 e. The molecular weight excluding hydrogens is 480 g/mol. The summed E-state index contributed by atoms with van der Waals surface area (Å²) in [5, 5.41) is 30.9. The highest BCUT2D eigenvalue weighted by molar-refractivity contribution is 5.06. The predicted octanol–water partition coefficient (Wildman–Crippen LogP) is -1.59. The van der Waals surface area contributed by atoms with Gasteiger partial charge in [-0.15, -0.1) is 0 Å². The molecule has 0 amide bonds. The van der Waals surface area contributed by atoms with Gasteiger partial charge < -0.3 is 58.0 Å². The van der Waals surface area contributed by atoms with Gasteiger partial charge in [0.2, 0.25) is 0 Å². The molecule has 0 aromatic heterocycles. The molecule has 36 heavy (non-hydrogen) atoms. The molecule has 208 valence electrons. The van der Waals surface area contributed by atoms with E-state index in [0.717, 1.165) is 19.8 Å². The quantitative estimate of drug-likeness (QED) is 0.168. The molecule has 0 aromatic rings. The van der Waals surface area contributed by atoms with Crippen LogP contribution in [0.15, 0.2) is 0 Å². The van der Waals surface area contributed by atoms with Gasteiger partial charge in [0.1, 0.15) is 35.6 Å². The van der Waals surface area contributed by atoms with Gasteiger partial charge in [-0.25, -0.2) is 0 Å². The number of hydrogen-bond acceptors (Lipinski definition) is 12. The first kappa shape index (κ1) is 27.1. The van der Waals surface area contributed by atoms with Gasteiger partial charge in [-0.05, 0) is 0 Å². The minimum atomic E-state index is -1.55. The molecule has 0 saturated carbocycles. The molecule has 6 aliphatic rings. The van der Waals surface area contributed by atoms with Crippen LogP contribution in [-0.2, 0) is 42.6 Å². The number of rotatable bonds is 19. The van der Waals surface area contributed by atoms with E-state index in [1.54, 1.807) is 0 Å². The van der Waals surface area contributed by atoms with Crippen LogP contribution in [-0.4, -0.2) is 149 Å². The molecule has 0 spiro atoms. The van der Waals surface area contributed by atoms with Crippen molar-refractivity contribution in [3.8, 4) is 0 Å². The maximum absolute atomic E-state index is 10.8. The Morgan fingerprint density at radius 2 is 0.944 bits per heavy atom. The number of epoxide rings is 6. The number of ether oxygens (including phenoxy) is 9. The fourth-order valence-corrected chi connectivity index (χ4v) is 4.09. The summed E-state index contributed by atoms with van der Waals surface area (Å²) in [6, 6.07) is 0. The van der Waals surface area contributed by atoms with E-state index >= 15 is 0 Å². The highest BCUT2D eigenvalue weighted by Crippen LogP contribution is 2.41. The molecule has 12 nitrogen and oxygen atoms in total. The Hall–Kier alpha value is -0.480. The van der Waals surface area contributed by atoms with Gasteiger partial charge in [0.05, 0.1) is 97.6 Å². The average molecular weight is 521 g/mol. The van der Waals surface area contributed by atoms with Crippen molar-refractivity contribution in [2.45, 2.75) is 73.2 Å². The fraction of sp³-hybridized carbons (Fsp3) is 1.00. The summed E-state index contributed by atoms with van der Waals surface area (Å²) in [5.41, 5.74) is -2.93. The molecule has 6 rings (SSSR count). The average Bonchev–Trinajstić information content (AvgIpc) is 3.63. The van der Waals surface area contributed by atoms with Crippen molar-refractivity contribution in [2.24, 2.45) is 0 Å². The predicted molar refractivity (Wildman–Crippen MR) is 121 cm³/mol. The van der Waals surface area contributed by atoms with E-state index in [0.29, 0.717) is 65.7 Å². The lowest BCUT2D eigenvalue weighted by atomic mass is 9.74. The van der Waals surface area contributed by atoms with Crippen LogP contribution in [0.2, 0.25) is 0 Å². The van der Waals surface area contributed by atoms with E-state index in [1.807, 2.05) is 0 Å². The van der Waals surface area contributed by atoms with Crippen LogP contribution in [0.4, 0.5) is 0 Å². The van der Waals surface area contributed by atoms with Crippen LogP contribution in [0.25, 0.3) is 0 Å². The molecule has 0 aliphatic carbocycles. The van der Waals surface area contributed by atoms with Crippen molar-refractivity contribution in [2.75, 3.05) is 79.3 Å². The lowest BCUT2D eigenvalue weighted by molar-refractivity contribution is -0.188. The number of hydrogen-bond donors (Lipinski definition) is 3. The first-order chi connectivity index (χ1) is 17.4. The molecule has 6 heterocycles. The Balaban J connectivity index is 0.000000148. The molecule has 6 saturated heterocycles. The van der Waals surface area contributed by atoms with Crippen molar-refractivity contribution in [3.05, 3.63) is 0 Å². The monoisotopic (exact) mass is 520 g/mol. The number of aliphatic hydroxyl groups is 3.